The Balaban J connectivity index is 1.59. The van der Waals surface area contributed by atoms with E-state index in [1.54, 1.807) is 0 Å². The van der Waals surface area contributed by atoms with E-state index >= 15 is 0 Å². The quantitative estimate of drug-likeness (QED) is 0.857. The minimum atomic E-state index is 0.599. The summed E-state index contributed by atoms with van der Waals surface area (Å²) in [6.45, 7) is 10.6. The predicted molar refractivity (Wildman–Crippen MR) is 81.0 cm³/mol. The highest BCUT2D eigenvalue weighted by Gasteiger charge is 2.55. The van der Waals surface area contributed by atoms with Crippen molar-refractivity contribution in [1.82, 2.24) is 5.32 Å². The SMILES string of the molecule is Cc1ccc(CN[C@H]2C[C@H]3C[C@@H]([C@@H]2C)C3(C)C)cc1. The minimum Gasteiger partial charge on any atom is -0.310 e. The number of hydrogen-bond donors (Lipinski definition) is 1. The number of rotatable bonds is 3. The Morgan fingerprint density at radius 3 is 2.42 bits per heavy atom. The van der Waals surface area contributed by atoms with Crippen LogP contribution in [0.2, 0.25) is 0 Å². The van der Waals surface area contributed by atoms with E-state index in [-0.39, 0.29) is 0 Å². The zero-order valence-corrected chi connectivity index (χ0v) is 12.7. The topological polar surface area (TPSA) is 12.0 Å². The second kappa shape index (κ2) is 4.63. The van der Waals surface area contributed by atoms with Crippen molar-refractivity contribution in [3.8, 4) is 0 Å². The molecule has 19 heavy (non-hydrogen) atoms. The van der Waals surface area contributed by atoms with Gasteiger partial charge in [-0.2, -0.15) is 0 Å². The second-order valence-corrected chi connectivity index (χ2v) is 7.43. The van der Waals surface area contributed by atoms with Gasteiger partial charge < -0.3 is 5.32 Å². The Morgan fingerprint density at radius 1 is 1.16 bits per heavy atom. The summed E-state index contributed by atoms with van der Waals surface area (Å²) < 4.78 is 0. The van der Waals surface area contributed by atoms with Crippen LogP contribution in [0, 0.1) is 30.1 Å². The van der Waals surface area contributed by atoms with Crippen LogP contribution in [0.3, 0.4) is 0 Å². The van der Waals surface area contributed by atoms with Crippen LogP contribution in [0.25, 0.3) is 0 Å². The van der Waals surface area contributed by atoms with Crippen molar-refractivity contribution < 1.29 is 0 Å². The summed E-state index contributed by atoms with van der Waals surface area (Å²) in [6, 6.07) is 9.64. The zero-order chi connectivity index (χ0) is 13.6. The second-order valence-electron chi connectivity index (χ2n) is 7.43. The van der Waals surface area contributed by atoms with Gasteiger partial charge in [0.2, 0.25) is 0 Å². The van der Waals surface area contributed by atoms with Gasteiger partial charge in [0.15, 0.2) is 0 Å². The average molecular weight is 257 g/mol. The van der Waals surface area contributed by atoms with Crippen molar-refractivity contribution in [1.29, 1.82) is 0 Å². The van der Waals surface area contributed by atoms with Gasteiger partial charge >= 0.3 is 0 Å². The first-order valence-electron chi connectivity index (χ1n) is 7.77. The van der Waals surface area contributed by atoms with Crippen LogP contribution in [0.4, 0.5) is 0 Å². The predicted octanol–water partition coefficient (Wildman–Crippen LogP) is 4.16. The van der Waals surface area contributed by atoms with Crippen molar-refractivity contribution in [3.05, 3.63) is 35.4 Å². The molecule has 1 heteroatoms. The van der Waals surface area contributed by atoms with E-state index in [0.29, 0.717) is 5.41 Å². The first-order valence-corrected chi connectivity index (χ1v) is 7.77. The van der Waals surface area contributed by atoms with Gasteiger partial charge in [-0.05, 0) is 48.5 Å². The summed E-state index contributed by atoms with van der Waals surface area (Å²) in [5, 5.41) is 3.81. The summed E-state index contributed by atoms with van der Waals surface area (Å²) >= 11 is 0. The van der Waals surface area contributed by atoms with Crippen molar-refractivity contribution >= 4 is 0 Å². The van der Waals surface area contributed by atoms with Crippen LogP contribution in [-0.2, 0) is 6.54 Å². The summed E-state index contributed by atoms with van der Waals surface area (Å²) in [4.78, 5) is 0. The molecule has 3 aliphatic carbocycles. The van der Waals surface area contributed by atoms with Crippen LogP contribution < -0.4 is 5.32 Å². The van der Waals surface area contributed by atoms with Crippen LogP contribution in [0.15, 0.2) is 24.3 Å². The van der Waals surface area contributed by atoms with Crippen molar-refractivity contribution in [2.45, 2.75) is 53.1 Å². The number of aryl methyl sites for hydroxylation is 1. The van der Waals surface area contributed by atoms with Crippen LogP contribution in [-0.4, -0.2) is 6.04 Å². The molecule has 0 aliphatic heterocycles. The maximum absolute atomic E-state index is 3.81. The Hall–Kier alpha value is -0.820. The van der Waals surface area contributed by atoms with E-state index in [0.717, 1.165) is 30.3 Å². The van der Waals surface area contributed by atoms with Gasteiger partial charge in [0.25, 0.3) is 0 Å². The smallest absolute Gasteiger partial charge is 0.0208 e. The largest absolute Gasteiger partial charge is 0.310 e. The average Bonchev–Trinajstić information content (AvgIpc) is 2.38. The zero-order valence-electron chi connectivity index (χ0n) is 12.7. The molecule has 1 aromatic rings. The Bertz CT molecular complexity index is 445. The van der Waals surface area contributed by atoms with Gasteiger partial charge in [-0.3, -0.25) is 0 Å². The highest BCUT2D eigenvalue weighted by atomic mass is 14.9. The summed E-state index contributed by atoms with van der Waals surface area (Å²) in [6.07, 6.45) is 2.84. The number of nitrogens with one attached hydrogen (secondary N) is 1. The van der Waals surface area contributed by atoms with E-state index in [1.165, 1.54) is 24.0 Å². The summed E-state index contributed by atoms with van der Waals surface area (Å²) in [5.74, 6) is 2.71. The van der Waals surface area contributed by atoms with Crippen molar-refractivity contribution in [2.75, 3.05) is 0 Å². The van der Waals surface area contributed by atoms with E-state index < -0.39 is 0 Å². The lowest BCUT2D eigenvalue weighted by atomic mass is 9.45. The summed E-state index contributed by atoms with van der Waals surface area (Å²) in [7, 11) is 0. The molecule has 3 saturated carbocycles. The summed E-state index contributed by atoms with van der Waals surface area (Å²) in [5.41, 5.74) is 3.36. The molecule has 0 heterocycles. The first kappa shape index (κ1) is 13.2. The fraction of sp³-hybridized carbons (Fsp3) is 0.667. The molecule has 0 aromatic heterocycles. The van der Waals surface area contributed by atoms with Crippen LogP contribution in [0.5, 0.6) is 0 Å². The maximum atomic E-state index is 3.81. The van der Waals surface area contributed by atoms with Crippen LogP contribution in [0.1, 0.15) is 44.7 Å². The molecule has 1 N–H and O–H groups in total. The third-order valence-corrected chi connectivity index (χ3v) is 6.04. The van der Waals surface area contributed by atoms with Gasteiger partial charge in [-0.25, -0.2) is 0 Å². The van der Waals surface area contributed by atoms with Gasteiger partial charge in [0.05, 0.1) is 0 Å². The molecule has 2 bridgehead atoms. The lowest BCUT2D eigenvalue weighted by Gasteiger charge is -2.62. The first-order chi connectivity index (χ1) is 8.98. The lowest BCUT2D eigenvalue weighted by molar-refractivity contribution is -0.115. The standard InChI is InChI=1S/C18H27N/c1-12-5-7-14(8-6-12)11-19-17-10-15-9-16(13(17)2)18(15,3)4/h5-8,13,15-17,19H,9-11H2,1-4H3/t13-,15+,16-,17-/m0/s1. The van der Waals surface area contributed by atoms with Gasteiger partial charge in [0.1, 0.15) is 0 Å². The molecule has 0 unspecified atom stereocenters. The Kier molecular flexibility index (Phi) is 3.21. The fourth-order valence-electron chi connectivity index (χ4n) is 4.37. The van der Waals surface area contributed by atoms with Gasteiger partial charge in [0, 0.05) is 12.6 Å². The molecule has 4 atom stereocenters. The molecule has 3 aliphatic rings. The Morgan fingerprint density at radius 2 is 1.84 bits per heavy atom. The number of hydrogen-bond acceptors (Lipinski definition) is 1. The number of fused-ring (bicyclic) bond motifs is 2. The molecule has 0 saturated heterocycles. The molecular formula is C18H27N. The third-order valence-electron chi connectivity index (χ3n) is 6.04. The molecule has 3 fully saturated rings. The van der Waals surface area contributed by atoms with Gasteiger partial charge in [-0.1, -0.05) is 50.6 Å². The third kappa shape index (κ3) is 2.23. The highest BCUT2D eigenvalue weighted by molar-refractivity contribution is 5.21. The van der Waals surface area contributed by atoms with E-state index in [9.17, 15) is 0 Å². The normalized spacial score (nSPS) is 35.8. The molecule has 1 aromatic carbocycles. The molecule has 4 rings (SSSR count). The van der Waals surface area contributed by atoms with E-state index in [1.807, 2.05) is 0 Å². The molecule has 0 amide bonds. The lowest BCUT2D eigenvalue weighted by Crippen LogP contribution is -2.59. The molecular weight excluding hydrogens is 230 g/mol. The van der Waals surface area contributed by atoms with Crippen molar-refractivity contribution in [2.24, 2.45) is 23.2 Å². The Labute approximate surface area is 117 Å². The van der Waals surface area contributed by atoms with E-state index in [2.05, 4.69) is 57.3 Å². The van der Waals surface area contributed by atoms with Crippen LogP contribution >= 0.6 is 0 Å². The number of benzene rings is 1. The maximum Gasteiger partial charge on any atom is 0.0208 e. The molecule has 104 valence electrons. The highest BCUT2D eigenvalue weighted by Crippen LogP contribution is 2.61. The van der Waals surface area contributed by atoms with Crippen molar-refractivity contribution in [3.63, 3.8) is 0 Å². The molecule has 0 spiro atoms. The molecule has 0 radical (unpaired) electrons. The fourth-order valence-corrected chi connectivity index (χ4v) is 4.37. The monoisotopic (exact) mass is 257 g/mol. The van der Waals surface area contributed by atoms with Gasteiger partial charge in [-0.15, -0.1) is 0 Å². The minimum absolute atomic E-state index is 0.599. The molecule has 1 nitrogen and oxygen atoms in total. The van der Waals surface area contributed by atoms with E-state index in [4.69, 9.17) is 0 Å².